The molecule has 4 aromatic rings. The third kappa shape index (κ3) is 3.46. The first-order valence-corrected chi connectivity index (χ1v) is 10.0. The lowest BCUT2D eigenvalue weighted by Crippen LogP contribution is -2.33. The SMILES string of the molecule is Cc1c(C)n(C)c2c(Sc3cc(=O)c(C(=O)NCC(=O)O)c4nc[nH]n34)cc(F)cc12. The molecule has 0 unspecified atom stereocenters. The summed E-state index contributed by atoms with van der Waals surface area (Å²) in [5, 5.41) is 14.9. The highest BCUT2D eigenvalue weighted by Gasteiger charge is 2.21. The van der Waals surface area contributed by atoms with E-state index >= 15 is 0 Å². The maximum atomic E-state index is 14.4. The van der Waals surface area contributed by atoms with E-state index in [-0.39, 0.29) is 11.2 Å². The Balaban J connectivity index is 1.85. The maximum Gasteiger partial charge on any atom is 0.322 e. The molecule has 0 fully saturated rings. The van der Waals surface area contributed by atoms with Crippen LogP contribution in [-0.4, -0.2) is 42.7 Å². The van der Waals surface area contributed by atoms with Crippen LogP contribution >= 0.6 is 11.8 Å². The number of rotatable bonds is 5. The van der Waals surface area contributed by atoms with Crippen LogP contribution in [0.5, 0.6) is 0 Å². The number of H-pyrrole nitrogens is 1. The fraction of sp³-hybridized carbons (Fsp3) is 0.200. The van der Waals surface area contributed by atoms with E-state index in [1.807, 2.05) is 25.5 Å². The monoisotopic (exact) mass is 443 g/mol. The van der Waals surface area contributed by atoms with Crippen LogP contribution < -0.4 is 10.7 Å². The van der Waals surface area contributed by atoms with Crippen LogP contribution in [-0.2, 0) is 11.8 Å². The minimum absolute atomic E-state index is 0.0461. The van der Waals surface area contributed by atoms with E-state index in [4.69, 9.17) is 5.11 Å². The Morgan fingerprint density at radius 2 is 2.03 bits per heavy atom. The summed E-state index contributed by atoms with van der Waals surface area (Å²) >= 11 is 1.16. The van der Waals surface area contributed by atoms with Gasteiger partial charge in [-0.3, -0.25) is 19.5 Å². The first-order chi connectivity index (χ1) is 14.7. The summed E-state index contributed by atoms with van der Waals surface area (Å²) in [4.78, 5) is 40.4. The number of amides is 1. The van der Waals surface area contributed by atoms with Gasteiger partial charge in [-0.2, -0.15) is 0 Å². The molecule has 31 heavy (non-hydrogen) atoms. The topological polar surface area (TPSA) is 121 Å². The van der Waals surface area contributed by atoms with Gasteiger partial charge in [0, 0.05) is 29.1 Å². The lowest BCUT2D eigenvalue weighted by Gasteiger charge is -2.10. The molecule has 0 saturated carbocycles. The number of hydrogen-bond acceptors (Lipinski definition) is 5. The molecule has 0 atom stereocenters. The van der Waals surface area contributed by atoms with E-state index in [9.17, 15) is 18.8 Å². The smallest absolute Gasteiger partial charge is 0.322 e. The van der Waals surface area contributed by atoms with Crippen LogP contribution in [0.3, 0.4) is 0 Å². The fourth-order valence-electron chi connectivity index (χ4n) is 3.51. The molecule has 11 heteroatoms. The van der Waals surface area contributed by atoms with Crippen LogP contribution in [0.25, 0.3) is 16.6 Å². The Bertz CT molecular complexity index is 1440. The summed E-state index contributed by atoms with van der Waals surface area (Å²) in [6, 6.07) is 4.12. The van der Waals surface area contributed by atoms with Crippen LogP contribution in [0.1, 0.15) is 21.6 Å². The van der Waals surface area contributed by atoms with Crippen LogP contribution in [0.2, 0.25) is 0 Å². The average Bonchev–Trinajstić information content (AvgIpc) is 3.26. The van der Waals surface area contributed by atoms with Crippen molar-refractivity contribution in [3.05, 3.63) is 57.4 Å². The van der Waals surface area contributed by atoms with Gasteiger partial charge in [-0.15, -0.1) is 0 Å². The standard InChI is InChI=1S/C20H18FN5O4S/c1-9-10(2)25(3)18-12(9)4-11(21)5-14(18)31-15-6-13(27)17(19-23-8-24-26(15)19)20(30)22-7-16(28)29/h4-6,8H,7H2,1-3H3,(H,22,30)(H,23,24)(H,28,29). The van der Waals surface area contributed by atoms with Crippen molar-refractivity contribution in [2.24, 2.45) is 7.05 Å². The van der Waals surface area contributed by atoms with Crippen molar-refractivity contribution in [1.82, 2.24) is 24.5 Å². The number of halogens is 1. The Morgan fingerprint density at radius 1 is 1.29 bits per heavy atom. The van der Waals surface area contributed by atoms with Crippen molar-refractivity contribution in [3.8, 4) is 0 Å². The fourth-order valence-corrected chi connectivity index (χ4v) is 4.65. The maximum absolute atomic E-state index is 14.4. The van der Waals surface area contributed by atoms with Gasteiger partial charge in [0.1, 0.15) is 29.3 Å². The highest BCUT2D eigenvalue weighted by molar-refractivity contribution is 7.99. The van der Waals surface area contributed by atoms with Gasteiger partial charge in [0.05, 0.1) is 5.52 Å². The van der Waals surface area contributed by atoms with Crippen molar-refractivity contribution < 1.29 is 19.1 Å². The summed E-state index contributed by atoms with van der Waals surface area (Å²) in [5.41, 5.74) is 1.94. The largest absolute Gasteiger partial charge is 0.480 e. The molecule has 0 saturated heterocycles. The second kappa shape index (κ2) is 7.58. The quantitative estimate of drug-likeness (QED) is 0.435. The van der Waals surface area contributed by atoms with Crippen molar-refractivity contribution in [1.29, 1.82) is 0 Å². The van der Waals surface area contributed by atoms with E-state index in [2.05, 4.69) is 15.4 Å². The first kappa shape index (κ1) is 20.7. The van der Waals surface area contributed by atoms with Gasteiger partial charge in [0.25, 0.3) is 5.91 Å². The summed E-state index contributed by atoms with van der Waals surface area (Å²) in [7, 11) is 1.89. The number of hydrogen-bond donors (Lipinski definition) is 3. The second-order valence-corrected chi connectivity index (χ2v) is 8.08. The number of carboxylic acid groups (broad SMARTS) is 1. The molecule has 0 radical (unpaired) electrons. The predicted molar refractivity (Wildman–Crippen MR) is 112 cm³/mol. The van der Waals surface area contributed by atoms with E-state index in [1.54, 1.807) is 0 Å². The number of benzene rings is 1. The number of pyridine rings is 1. The molecule has 160 valence electrons. The van der Waals surface area contributed by atoms with Crippen LogP contribution in [0, 0.1) is 19.7 Å². The second-order valence-electron chi connectivity index (χ2n) is 7.02. The lowest BCUT2D eigenvalue weighted by atomic mass is 10.1. The molecule has 3 aromatic heterocycles. The molecule has 0 spiro atoms. The Morgan fingerprint density at radius 3 is 2.74 bits per heavy atom. The molecular weight excluding hydrogens is 425 g/mol. The number of carbonyl (C=O) groups is 2. The molecule has 4 rings (SSSR count). The highest BCUT2D eigenvalue weighted by Crippen LogP contribution is 2.37. The van der Waals surface area contributed by atoms with Crippen molar-refractivity contribution in [2.45, 2.75) is 23.8 Å². The number of fused-ring (bicyclic) bond motifs is 2. The predicted octanol–water partition coefficient (Wildman–Crippen LogP) is 2.24. The minimum Gasteiger partial charge on any atom is -0.480 e. The van der Waals surface area contributed by atoms with Gasteiger partial charge in [-0.1, -0.05) is 11.8 Å². The number of aromatic amines is 1. The normalized spacial score (nSPS) is 11.4. The third-order valence-electron chi connectivity index (χ3n) is 5.20. The Hall–Kier alpha value is -3.60. The van der Waals surface area contributed by atoms with Gasteiger partial charge in [0.2, 0.25) is 0 Å². The molecule has 1 aromatic carbocycles. The summed E-state index contributed by atoms with van der Waals surface area (Å²) in [5.74, 6) is -2.47. The van der Waals surface area contributed by atoms with Gasteiger partial charge >= 0.3 is 5.97 Å². The molecular formula is C20H18FN5O4S. The van der Waals surface area contributed by atoms with Gasteiger partial charge in [0.15, 0.2) is 11.1 Å². The molecule has 0 aliphatic heterocycles. The van der Waals surface area contributed by atoms with E-state index in [0.717, 1.165) is 33.9 Å². The lowest BCUT2D eigenvalue weighted by molar-refractivity contribution is -0.135. The number of aliphatic carboxylic acids is 1. The van der Waals surface area contributed by atoms with Crippen molar-refractivity contribution >= 4 is 40.2 Å². The minimum atomic E-state index is -1.23. The molecule has 3 heterocycles. The molecule has 3 N–H and O–H groups in total. The van der Waals surface area contributed by atoms with Gasteiger partial charge in [-0.05, 0) is 31.5 Å². The highest BCUT2D eigenvalue weighted by atomic mass is 32.2. The molecule has 0 aliphatic rings. The van der Waals surface area contributed by atoms with Crippen LogP contribution in [0.4, 0.5) is 4.39 Å². The van der Waals surface area contributed by atoms with Gasteiger partial charge in [-0.25, -0.2) is 13.9 Å². The van der Waals surface area contributed by atoms with Gasteiger partial charge < -0.3 is 15.0 Å². The zero-order valence-electron chi connectivity index (χ0n) is 16.8. The van der Waals surface area contributed by atoms with E-state index in [0.29, 0.717) is 9.92 Å². The third-order valence-corrected chi connectivity index (χ3v) is 6.24. The van der Waals surface area contributed by atoms with Crippen molar-refractivity contribution in [2.75, 3.05) is 6.54 Å². The average molecular weight is 443 g/mol. The number of nitrogens with zero attached hydrogens (tertiary/aromatic N) is 3. The number of aromatic nitrogens is 4. The van der Waals surface area contributed by atoms with Crippen molar-refractivity contribution in [3.63, 3.8) is 0 Å². The van der Waals surface area contributed by atoms with E-state index < -0.39 is 29.7 Å². The number of carboxylic acids is 1. The molecule has 9 nitrogen and oxygen atoms in total. The summed E-state index contributed by atoms with van der Waals surface area (Å²) in [6.07, 6.45) is 1.31. The molecule has 1 amide bonds. The number of aryl methyl sites for hydroxylation is 2. The molecule has 0 aliphatic carbocycles. The zero-order valence-corrected chi connectivity index (χ0v) is 17.6. The van der Waals surface area contributed by atoms with Crippen LogP contribution in [0.15, 0.2) is 39.2 Å². The Kier molecular flexibility index (Phi) is 5.05. The number of nitrogens with one attached hydrogen (secondary N) is 2. The Labute approximate surface area is 178 Å². The van der Waals surface area contributed by atoms with E-state index in [1.165, 1.54) is 29.0 Å². The number of carbonyl (C=O) groups excluding carboxylic acids is 1. The summed E-state index contributed by atoms with van der Waals surface area (Å²) in [6.45, 7) is 3.25. The zero-order chi connectivity index (χ0) is 22.4. The first-order valence-electron chi connectivity index (χ1n) is 9.21. The molecule has 0 bridgehead atoms. The summed E-state index contributed by atoms with van der Waals surface area (Å²) < 4.78 is 17.8.